The molecule has 3 amide bonds. The largest absolute Gasteiger partial charge is 0.352 e. The van der Waals surface area contributed by atoms with E-state index in [1.54, 1.807) is 6.20 Å². The van der Waals surface area contributed by atoms with E-state index >= 15 is 0 Å². The highest BCUT2D eigenvalue weighted by atomic mass is 16.2. The fourth-order valence-corrected chi connectivity index (χ4v) is 3.11. The second-order valence-corrected chi connectivity index (χ2v) is 6.48. The third-order valence-corrected chi connectivity index (χ3v) is 4.46. The maximum absolute atomic E-state index is 12.9. The summed E-state index contributed by atoms with van der Waals surface area (Å²) in [5.74, 6) is 0.498. The van der Waals surface area contributed by atoms with Crippen molar-refractivity contribution in [3.05, 3.63) is 90.0 Å². The van der Waals surface area contributed by atoms with Crippen LogP contribution in [0.3, 0.4) is 0 Å². The number of carbonyl (C=O) groups excluding carboxylic acids is 2. The highest BCUT2D eigenvalue weighted by Crippen LogP contribution is 2.22. The maximum atomic E-state index is 12.9. The second-order valence-electron chi connectivity index (χ2n) is 6.48. The van der Waals surface area contributed by atoms with E-state index in [1.165, 1.54) is 0 Å². The van der Waals surface area contributed by atoms with Crippen molar-refractivity contribution >= 4 is 11.9 Å². The molecular weight excluding hydrogens is 354 g/mol. The first-order valence-corrected chi connectivity index (χ1v) is 8.97. The Bertz CT molecular complexity index is 924. The number of nitrogens with one attached hydrogen (secondary N) is 2. The van der Waals surface area contributed by atoms with Crippen LogP contribution in [0.2, 0.25) is 0 Å². The summed E-state index contributed by atoms with van der Waals surface area (Å²) >= 11 is 0. The number of benzene rings is 2. The van der Waals surface area contributed by atoms with Crippen molar-refractivity contribution in [2.24, 2.45) is 12.8 Å². The molecule has 1 aromatic heterocycles. The third kappa shape index (κ3) is 4.76. The summed E-state index contributed by atoms with van der Waals surface area (Å²) in [4.78, 5) is 28.7. The number of hydrogen-bond acceptors (Lipinski definition) is 3. The molecule has 0 aliphatic heterocycles. The molecule has 3 rings (SSSR count). The number of rotatable bonds is 7. The van der Waals surface area contributed by atoms with E-state index in [0.29, 0.717) is 0 Å². The number of aryl methyl sites for hydroxylation is 1. The third-order valence-electron chi connectivity index (χ3n) is 4.46. The molecule has 0 unspecified atom stereocenters. The molecule has 0 aliphatic carbocycles. The van der Waals surface area contributed by atoms with Gasteiger partial charge in [-0.15, -0.1) is 0 Å². The quantitative estimate of drug-likeness (QED) is 0.589. The van der Waals surface area contributed by atoms with Crippen molar-refractivity contribution in [1.82, 2.24) is 20.2 Å². The Morgan fingerprint density at radius 1 is 1.00 bits per heavy atom. The molecule has 7 heteroatoms. The molecule has 4 N–H and O–H groups in total. The Kier molecular flexibility index (Phi) is 6.06. The van der Waals surface area contributed by atoms with Gasteiger partial charge in [0.15, 0.2) is 0 Å². The molecule has 0 spiro atoms. The zero-order valence-corrected chi connectivity index (χ0v) is 15.6. The highest BCUT2D eigenvalue weighted by molar-refractivity contribution is 5.79. The van der Waals surface area contributed by atoms with Crippen LogP contribution in [0.5, 0.6) is 0 Å². The molecule has 1 heterocycles. The summed E-state index contributed by atoms with van der Waals surface area (Å²) in [6.45, 7) is 0. The number of carbonyl (C=O) groups is 2. The summed E-state index contributed by atoms with van der Waals surface area (Å²) in [6.07, 6.45) is 3.58. The van der Waals surface area contributed by atoms with Gasteiger partial charge in [-0.25, -0.2) is 9.78 Å². The number of imidazole rings is 1. The van der Waals surface area contributed by atoms with Gasteiger partial charge in [0.25, 0.3) is 0 Å². The smallest absolute Gasteiger partial charge is 0.312 e. The summed E-state index contributed by atoms with van der Waals surface area (Å²) < 4.78 is 1.87. The van der Waals surface area contributed by atoms with Crippen LogP contribution >= 0.6 is 0 Å². The van der Waals surface area contributed by atoms with Gasteiger partial charge in [0.1, 0.15) is 11.9 Å². The first-order valence-electron chi connectivity index (χ1n) is 8.97. The standard InChI is InChI=1S/C21H23N5O2/c1-26-13-12-23-20(26)19(16-10-6-3-7-11-16)25-18(27)14-17(24-21(22)28)15-8-4-2-5-9-15/h2-13,17,19H,14H2,1H3,(H,25,27)(H3,22,24,28)/t17-,19-/m1/s1. The Labute approximate surface area is 163 Å². The van der Waals surface area contributed by atoms with Gasteiger partial charge in [0, 0.05) is 19.4 Å². The number of urea groups is 1. The molecule has 0 saturated heterocycles. The molecule has 0 bridgehead atoms. The number of hydrogen-bond donors (Lipinski definition) is 3. The minimum Gasteiger partial charge on any atom is -0.352 e. The van der Waals surface area contributed by atoms with Crippen molar-refractivity contribution in [1.29, 1.82) is 0 Å². The summed E-state index contributed by atoms with van der Waals surface area (Å²) in [7, 11) is 1.88. The molecule has 28 heavy (non-hydrogen) atoms. The van der Waals surface area contributed by atoms with E-state index < -0.39 is 18.1 Å². The minimum atomic E-state index is -0.676. The van der Waals surface area contributed by atoms with E-state index in [0.717, 1.165) is 17.0 Å². The lowest BCUT2D eigenvalue weighted by atomic mass is 10.0. The number of nitrogens with two attached hydrogens (primary N) is 1. The lowest BCUT2D eigenvalue weighted by Crippen LogP contribution is -2.38. The molecular formula is C21H23N5O2. The average molecular weight is 377 g/mol. The average Bonchev–Trinajstić information content (AvgIpc) is 3.12. The van der Waals surface area contributed by atoms with Crippen LogP contribution in [0.1, 0.15) is 35.5 Å². The highest BCUT2D eigenvalue weighted by Gasteiger charge is 2.23. The number of nitrogens with zero attached hydrogens (tertiary/aromatic N) is 2. The minimum absolute atomic E-state index is 0.0563. The predicted molar refractivity (Wildman–Crippen MR) is 106 cm³/mol. The molecule has 2 aromatic carbocycles. The predicted octanol–water partition coefficient (Wildman–Crippen LogP) is 2.43. The van der Waals surface area contributed by atoms with Crippen molar-refractivity contribution in [3.63, 3.8) is 0 Å². The van der Waals surface area contributed by atoms with E-state index in [-0.39, 0.29) is 12.3 Å². The fraction of sp³-hybridized carbons (Fsp3) is 0.190. The van der Waals surface area contributed by atoms with Crippen molar-refractivity contribution in [2.75, 3.05) is 0 Å². The molecule has 2 atom stereocenters. The molecule has 0 fully saturated rings. The summed E-state index contributed by atoms with van der Waals surface area (Å²) in [5.41, 5.74) is 7.03. The SMILES string of the molecule is Cn1ccnc1[C@H](NC(=O)C[C@@H](NC(N)=O)c1ccccc1)c1ccccc1. The Morgan fingerprint density at radius 2 is 1.61 bits per heavy atom. The molecule has 0 radical (unpaired) electrons. The summed E-state index contributed by atoms with van der Waals surface area (Å²) in [5, 5.41) is 5.68. The van der Waals surface area contributed by atoms with Crippen LogP contribution in [0, 0.1) is 0 Å². The molecule has 0 aliphatic rings. The number of primary amides is 1. The van der Waals surface area contributed by atoms with Gasteiger partial charge in [-0.1, -0.05) is 60.7 Å². The first-order chi connectivity index (χ1) is 13.5. The topological polar surface area (TPSA) is 102 Å². The number of amides is 3. The van der Waals surface area contributed by atoms with Gasteiger partial charge >= 0.3 is 6.03 Å². The van der Waals surface area contributed by atoms with Gasteiger partial charge in [-0.3, -0.25) is 4.79 Å². The van der Waals surface area contributed by atoms with Crippen LogP contribution in [0.25, 0.3) is 0 Å². The van der Waals surface area contributed by atoms with E-state index in [9.17, 15) is 9.59 Å². The van der Waals surface area contributed by atoms with Crippen LogP contribution in [-0.2, 0) is 11.8 Å². The van der Waals surface area contributed by atoms with E-state index in [4.69, 9.17) is 5.73 Å². The van der Waals surface area contributed by atoms with Gasteiger partial charge in [0.2, 0.25) is 5.91 Å². The maximum Gasteiger partial charge on any atom is 0.312 e. The fourth-order valence-electron chi connectivity index (χ4n) is 3.11. The second kappa shape index (κ2) is 8.85. The van der Waals surface area contributed by atoms with Crippen LogP contribution in [0.15, 0.2) is 73.1 Å². The summed E-state index contributed by atoms with van der Waals surface area (Å²) in [6, 6.07) is 17.3. The normalized spacial score (nSPS) is 12.8. The van der Waals surface area contributed by atoms with Crippen molar-refractivity contribution in [3.8, 4) is 0 Å². The zero-order chi connectivity index (χ0) is 19.9. The van der Waals surface area contributed by atoms with Gasteiger partial charge < -0.3 is 20.9 Å². The van der Waals surface area contributed by atoms with Gasteiger partial charge in [0.05, 0.1) is 12.5 Å². The van der Waals surface area contributed by atoms with E-state index in [1.807, 2.05) is 78.5 Å². The van der Waals surface area contributed by atoms with Gasteiger partial charge in [-0.2, -0.15) is 0 Å². The van der Waals surface area contributed by atoms with Crippen LogP contribution in [0.4, 0.5) is 4.79 Å². The Morgan fingerprint density at radius 3 is 2.14 bits per heavy atom. The first kappa shape index (κ1) is 19.2. The van der Waals surface area contributed by atoms with Crippen LogP contribution in [-0.4, -0.2) is 21.5 Å². The van der Waals surface area contributed by atoms with E-state index in [2.05, 4.69) is 15.6 Å². The van der Waals surface area contributed by atoms with Gasteiger partial charge in [-0.05, 0) is 11.1 Å². The Hall–Kier alpha value is -3.61. The molecule has 3 aromatic rings. The lowest BCUT2D eigenvalue weighted by molar-refractivity contribution is -0.122. The zero-order valence-electron chi connectivity index (χ0n) is 15.6. The Balaban J connectivity index is 1.81. The molecule has 144 valence electrons. The number of aromatic nitrogens is 2. The molecule has 0 saturated carbocycles. The van der Waals surface area contributed by atoms with Crippen LogP contribution < -0.4 is 16.4 Å². The van der Waals surface area contributed by atoms with Crippen molar-refractivity contribution in [2.45, 2.75) is 18.5 Å². The molecule has 7 nitrogen and oxygen atoms in total. The monoisotopic (exact) mass is 377 g/mol. The van der Waals surface area contributed by atoms with Crippen molar-refractivity contribution < 1.29 is 9.59 Å². The lowest BCUT2D eigenvalue weighted by Gasteiger charge is -2.22.